The molecule has 0 fully saturated rings. The summed E-state index contributed by atoms with van der Waals surface area (Å²) in [4.78, 5) is 4.28. The normalized spacial score (nSPS) is 12.4. The van der Waals surface area contributed by atoms with Crippen LogP contribution in [0.3, 0.4) is 0 Å². The molecule has 2 rings (SSSR count). The Morgan fingerprint density at radius 1 is 1.29 bits per heavy atom. The van der Waals surface area contributed by atoms with Crippen molar-refractivity contribution in [1.82, 2.24) is 10.3 Å². The minimum Gasteiger partial charge on any atom is -0.305 e. The molecule has 0 spiro atoms. The fourth-order valence-electron chi connectivity index (χ4n) is 2.18. The van der Waals surface area contributed by atoms with Gasteiger partial charge >= 0.3 is 0 Å². The molecule has 0 aliphatic carbocycles. The standard InChI is InChI=1S/C16H17BrF2N2/c1-3-8-20-16(15-11(17)5-4-9-21-15)13-12(18)7-6-10(2)14(13)19/h4-7,9,16,20H,3,8H2,1-2H3. The number of nitrogens with zero attached hydrogens (tertiary/aromatic N) is 1. The molecule has 21 heavy (non-hydrogen) atoms. The van der Waals surface area contributed by atoms with Crippen LogP contribution in [0.1, 0.15) is 36.2 Å². The summed E-state index contributed by atoms with van der Waals surface area (Å²) in [5.74, 6) is -1.09. The van der Waals surface area contributed by atoms with Crippen molar-refractivity contribution in [1.29, 1.82) is 0 Å². The average Bonchev–Trinajstić information content (AvgIpc) is 2.47. The van der Waals surface area contributed by atoms with E-state index in [1.807, 2.05) is 13.0 Å². The third-order valence-corrected chi connectivity index (χ3v) is 3.94. The van der Waals surface area contributed by atoms with Crippen LogP contribution < -0.4 is 5.32 Å². The van der Waals surface area contributed by atoms with Crippen LogP contribution in [0.4, 0.5) is 8.78 Å². The molecule has 2 nitrogen and oxygen atoms in total. The highest BCUT2D eigenvalue weighted by atomic mass is 79.9. The van der Waals surface area contributed by atoms with Crippen LogP contribution in [0.5, 0.6) is 0 Å². The lowest BCUT2D eigenvalue weighted by molar-refractivity contribution is 0.493. The predicted molar refractivity (Wildman–Crippen MR) is 83.2 cm³/mol. The Labute approximate surface area is 131 Å². The first-order valence-electron chi connectivity index (χ1n) is 6.84. The van der Waals surface area contributed by atoms with E-state index in [1.165, 1.54) is 12.1 Å². The van der Waals surface area contributed by atoms with Gasteiger partial charge in [0.05, 0.1) is 11.7 Å². The molecule has 0 aliphatic rings. The molecule has 1 heterocycles. The molecule has 112 valence electrons. The zero-order valence-electron chi connectivity index (χ0n) is 12.0. The molecule has 0 saturated carbocycles. The van der Waals surface area contributed by atoms with Gasteiger partial charge in [-0.05, 0) is 59.6 Å². The maximum atomic E-state index is 14.4. The first-order valence-corrected chi connectivity index (χ1v) is 7.63. The van der Waals surface area contributed by atoms with Gasteiger partial charge in [0.25, 0.3) is 0 Å². The zero-order valence-corrected chi connectivity index (χ0v) is 13.5. The maximum absolute atomic E-state index is 14.4. The fraction of sp³-hybridized carbons (Fsp3) is 0.312. The van der Waals surface area contributed by atoms with Crippen molar-refractivity contribution in [3.8, 4) is 0 Å². The number of benzene rings is 1. The fourth-order valence-corrected chi connectivity index (χ4v) is 2.66. The number of aryl methyl sites for hydroxylation is 1. The first kappa shape index (κ1) is 16.0. The number of nitrogens with one attached hydrogen (secondary N) is 1. The summed E-state index contributed by atoms with van der Waals surface area (Å²) < 4.78 is 29.4. The van der Waals surface area contributed by atoms with Gasteiger partial charge in [0.1, 0.15) is 11.6 Å². The molecule has 0 amide bonds. The highest BCUT2D eigenvalue weighted by Crippen LogP contribution is 2.31. The molecule has 1 unspecified atom stereocenters. The molecular weight excluding hydrogens is 338 g/mol. The minimum atomic E-state index is -0.625. The number of halogens is 3. The number of hydrogen-bond acceptors (Lipinski definition) is 2. The first-order chi connectivity index (χ1) is 10.1. The van der Waals surface area contributed by atoms with Gasteiger partial charge in [0.2, 0.25) is 0 Å². The van der Waals surface area contributed by atoms with Gasteiger partial charge in [-0.25, -0.2) is 8.78 Å². The van der Waals surface area contributed by atoms with Crippen molar-refractivity contribution in [2.45, 2.75) is 26.3 Å². The van der Waals surface area contributed by atoms with Crippen LogP contribution in [-0.2, 0) is 0 Å². The summed E-state index contributed by atoms with van der Waals surface area (Å²) in [6.07, 6.45) is 2.47. The van der Waals surface area contributed by atoms with E-state index < -0.39 is 17.7 Å². The summed E-state index contributed by atoms with van der Waals surface area (Å²) in [7, 11) is 0. The third-order valence-electron chi connectivity index (χ3n) is 3.27. The lowest BCUT2D eigenvalue weighted by Gasteiger charge is -2.21. The van der Waals surface area contributed by atoms with Gasteiger partial charge in [-0.2, -0.15) is 0 Å². The van der Waals surface area contributed by atoms with Crippen molar-refractivity contribution < 1.29 is 8.78 Å². The molecule has 1 atom stereocenters. The molecule has 2 aromatic rings. The van der Waals surface area contributed by atoms with E-state index in [9.17, 15) is 8.78 Å². The summed E-state index contributed by atoms with van der Waals surface area (Å²) in [5, 5.41) is 3.18. The van der Waals surface area contributed by atoms with Crippen LogP contribution in [0.25, 0.3) is 0 Å². The predicted octanol–water partition coefficient (Wildman–Crippen LogP) is 4.52. The van der Waals surface area contributed by atoms with Gasteiger partial charge < -0.3 is 5.32 Å². The molecule has 0 bridgehead atoms. The average molecular weight is 355 g/mol. The Hall–Kier alpha value is -1.33. The van der Waals surface area contributed by atoms with Crippen LogP contribution in [0.15, 0.2) is 34.9 Å². The second kappa shape index (κ2) is 7.09. The smallest absolute Gasteiger partial charge is 0.134 e. The molecule has 0 saturated heterocycles. The largest absolute Gasteiger partial charge is 0.305 e. The second-order valence-corrected chi connectivity index (χ2v) is 5.70. The van der Waals surface area contributed by atoms with Crippen molar-refractivity contribution in [2.24, 2.45) is 0 Å². The van der Waals surface area contributed by atoms with E-state index in [-0.39, 0.29) is 5.56 Å². The number of hydrogen-bond donors (Lipinski definition) is 1. The highest BCUT2D eigenvalue weighted by Gasteiger charge is 2.25. The van der Waals surface area contributed by atoms with Gasteiger partial charge in [-0.15, -0.1) is 0 Å². The summed E-state index contributed by atoms with van der Waals surface area (Å²) >= 11 is 3.41. The molecule has 1 N–H and O–H groups in total. The minimum absolute atomic E-state index is 0.0165. The molecule has 0 aliphatic heterocycles. The van der Waals surface area contributed by atoms with E-state index in [0.717, 1.165) is 10.9 Å². The summed E-state index contributed by atoms with van der Waals surface area (Å²) in [6, 6.07) is 5.70. The van der Waals surface area contributed by atoms with Crippen LogP contribution in [0.2, 0.25) is 0 Å². The van der Waals surface area contributed by atoms with Crippen molar-refractivity contribution in [3.05, 3.63) is 63.4 Å². The van der Waals surface area contributed by atoms with Gasteiger partial charge in [0, 0.05) is 16.2 Å². The lowest BCUT2D eigenvalue weighted by atomic mass is 9.99. The van der Waals surface area contributed by atoms with E-state index in [4.69, 9.17) is 0 Å². The van der Waals surface area contributed by atoms with Crippen molar-refractivity contribution >= 4 is 15.9 Å². The molecule has 1 aromatic heterocycles. The zero-order chi connectivity index (χ0) is 15.4. The Morgan fingerprint density at radius 3 is 2.71 bits per heavy atom. The Bertz CT molecular complexity index is 632. The SMILES string of the molecule is CCCNC(c1ncccc1Br)c1c(F)ccc(C)c1F. The molecular formula is C16H17BrF2N2. The van der Waals surface area contributed by atoms with Crippen LogP contribution in [-0.4, -0.2) is 11.5 Å². The van der Waals surface area contributed by atoms with Gasteiger partial charge in [-0.3, -0.25) is 4.98 Å². The quantitative estimate of drug-likeness (QED) is 0.853. The van der Waals surface area contributed by atoms with Crippen LogP contribution in [0, 0.1) is 18.6 Å². The van der Waals surface area contributed by atoms with Gasteiger partial charge in [-0.1, -0.05) is 13.0 Å². The van der Waals surface area contributed by atoms with Crippen molar-refractivity contribution in [2.75, 3.05) is 6.54 Å². The summed E-state index contributed by atoms with van der Waals surface area (Å²) in [5.41, 5.74) is 1.01. The Balaban J connectivity index is 2.56. The van der Waals surface area contributed by atoms with E-state index in [0.29, 0.717) is 17.8 Å². The van der Waals surface area contributed by atoms with Crippen molar-refractivity contribution in [3.63, 3.8) is 0 Å². The number of aromatic nitrogens is 1. The maximum Gasteiger partial charge on any atom is 0.134 e. The van der Waals surface area contributed by atoms with E-state index in [2.05, 4.69) is 26.2 Å². The molecule has 5 heteroatoms. The Kier molecular flexibility index (Phi) is 5.42. The number of pyridine rings is 1. The molecule has 0 radical (unpaired) electrons. The van der Waals surface area contributed by atoms with E-state index >= 15 is 0 Å². The topological polar surface area (TPSA) is 24.9 Å². The second-order valence-electron chi connectivity index (χ2n) is 4.85. The van der Waals surface area contributed by atoms with Gasteiger partial charge in [0.15, 0.2) is 0 Å². The third kappa shape index (κ3) is 3.47. The van der Waals surface area contributed by atoms with E-state index in [1.54, 1.807) is 19.2 Å². The Morgan fingerprint density at radius 2 is 2.05 bits per heavy atom. The van der Waals surface area contributed by atoms with Crippen LogP contribution >= 0.6 is 15.9 Å². The summed E-state index contributed by atoms with van der Waals surface area (Å²) in [6.45, 7) is 4.27. The molecule has 1 aromatic carbocycles. The monoisotopic (exact) mass is 354 g/mol. The number of rotatable bonds is 5. The highest BCUT2D eigenvalue weighted by molar-refractivity contribution is 9.10. The lowest BCUT2D eigenvalue weighted by Crippen LogP contribution is -2.26.